The van der Waals surface area contributed by atoms with Crippen LogP contribution >= 0.6 is 0 Å². The van der Waals surface area contributed by atoms with E-state index in [9.17, 15) is 4.79 Å². The number of nitrogens with zero attached hydrogens (tertiary/aromatic N) is 4. The lowest BCUT2D eigenvalue weighted by atomic mass is 10.2. The van der Waals surface area contributed by atoms with Gasteiger partial charge in [-0.1, -0.05) is 6.07 Å². The van der Waals surface area contributed by atoms with Gasteiger partial charge >= 0.3 is 0 Å². The van der Waals surface area contributed by atoms with Crippen LogP contribution in [-0.4, -0.2) is 47.4 Å². The number of carbonyl (C=O) groups is 1. The molecule has 8 nitrogen and oxygen atoms in total. The summed E-state index contributed by atoms with van der Waals surface area (Å²) in [6, 6.07) is 7.40. The van der Waals surface area contributed by atoms with Crippen molar-refractivity contribution in [3.05, 3.63) is 30.5 Å². The molecule has 0 unspecified atom stereocenters. The minimum atomic E-state index is -0.111. The summed E-state index contributed by atoms with van der Waals surface area (Å²) in [6.07, 6.45) is 1.56. The van der Waals surface area contributed by atoms with E-state index in [2.05, 4.69) is 25.8 Å². The first-order chi connectivity index (χ1) is 11.2. The maximum atomic E-state index is 11.1. The molecule has 1 aromatic carbocycles. The summed E-state index contributed by atoms with van der Waals surface area (Å²) in [7, 11) is 0. The number of morpholine rings is 1. The van der Waals surface area contributed by atoms with Gasteiger partial charge in [0, 0.05) is 31.4 Å². The lowest BCUT2D eigenvalue weighted by molar-refractivity contribution is -0.114. The van der Waals surface area contributed by atoms with Crippen LogP contribution in [-0.2, 0) is 9.53 Å². The smallest absolute Gasteiger partial charge is 0.247 e. The Morgan fingerprint density at radius 1 is 1.26 bits per heavy atom. The normalized spacial score (nSPS) is 14.4. The lowest BCUT2D eigenvalue weighted by Gasteiger charge is -2.26. The fourth-order valence-corrected chi connectivity index (χ4v) is 2.28. The topological polar surface area (TPSA) is 92.3 Å². The third-order valence-electron chi connectivity index (χ3n) is 3.30. The molecule has 2 heterocycles. The SMILES string of the molecule is CC(=O)Nc1cccc(Nc2cnnc(N3CCOCC3)n2)c1. The number of anilines is 4. The van der Waals surface area contributed by atoms with Crippen molar-refractivity contribution in [1.82, 2.24) is 15.2 Å². The zero-order valence-electron chi connectivity index (χ0n) is 12.8. The van der Waals surface area contributed by atoms with Gasteiger partial charge in [-0.15, -0.1) is 5.10 Å². The highest BCUT2D eigenvalue weighted by Gasteiger charge is 2.14. The van der Waals surface area contributed by atoms with Crippen LogP contribution in [0.3, 0.4) is 0 Å². The second-order valence-electron chi connectivity index (χ2n) is 5.13. The molecule has 0 bridgehead atoms. The highest BCUT2D eigenvalue weighted by atomic mass is 16.5. The lowest BCUT2D eigenvalue weighted by Crippen LogP contribution is -2.37. The van der Waals surface area contributed by atoms with Crippen molar-refractivity contribution in [2.24, 2.45) is 0 Å². The van der Waals surface area contributed by atoms with Crippen molar-refractivity contribution in [2.75, 3.05) is 41.8 Å². The average Bonchev–Trinajstić information content (AvgIpc) is 2.56. The van der Waals surface area contributed by atoms with E-state index in [1.165, 1.54) is 6.92 Å². The number of benzene rings is 1. The van der Waals surface area contributed by atoms with E-state index >= 15 is 0 Å². The first-order valence-electron chi connectivity index (χ1n) is 7.38. The van der Waals surface area contributed by atoms with Gasteiger partial charge in [0.25, 0.3) is 0 Å². The van der Waals surface area contributed by atoms with E-state index in [-0.39, 0.29) is 5.91 Å². The van der Waals surface area contributed by atoms with Crippen molar-refractivity contribution >= 4 is 29.0 Å². The van der Waals surface area contributed by atoms with Crippen LogP contribution in [0.2, 0.25) is 0 Å². The molecule has 0 saturated carbocycles. The molecule has 8 heteroatoms. The molecule has 0 aliphatic carbocycles. The number of hydrogen-bond acceptors (Lipinski definition) is 7. The van der Waals surface area contributed by atoms with Gasteiger partial charge in [0.05, 0.1) is 19.4 Å². The van der Waals surface area contributed by atoms with Crippen LogP contribution in [0.25, 0.3) is 0 Å². The summed E-state index contributed by atoms with van der Waals surface area (Å²) in [5.74, 6) is 1.07. The highest BCUT2D eigenvalue weighted by Crippen LogP contribution is 2.19. The van der Waals surface area contributed by atoms with E-state index in [0.29, 0.717) is 25.0 Å². The number of nitrogens with one attached hydrogen (secondary N) is 2. The summed E-state index contributed by atoms with van der Waals surface area (Å²) in [5, 5.41) is 14.0. The summed E-state index contributed by atoms with van der Waals surface area (Å²) < 4.78 is 5.32. The van der Waals surface area contributed by atoms with Crippen LogP contribution in [0.5, 0.6) is 0 Å². The molecule has 1 amide bonds. The van der Waals surface area contributed by atoms with Gasteiger partial charge < -0.3 is 20.3 Å². The number of carbonyl (C=O) groups excluding carboxylic acids is 1. The maximum absolute atomic E-state index is 11.1. The number of amides is 1. The molecule has 2 aromatic rings. The first-order valence-corrected chi connectivity index (χ1v) is 7.38. The van der Waals surface area contributed by atoms with Crippen LogP contribution in [0.15, 0.2) is 30.5 Å². The molecule has 2 N–H and O–H groups in total. The van der Waals surface area contributed by atoms with Crippen molar-refractivity contribution < 1.29 is 9.53 Å². The van der Waals surface area contributed by atoms with Gasteiger partial charge in [-0.05, 0) is 18.2 Å². The Morgan fingerprint density at radius 3 is 2.83 bits per heavy atom. The molecule has 1 saturated heterocycles. The fraction of sp³-hybridized carbons (Fsp3) is 0.333. The third-order valence-corrected chi connectivity index (χ3v) is 3.30. The predicted molar refractivity (Wildman–Crippen MR) is 86.9 cm³/mol. The number of ether oxygens (including phenoxy) is 1. The van der Waals surface area contributed by atoms with Crippen LogP contribution in [0.1, 0.15) is 6.92 Å². The van der Waals surface area contributed by atoms with Crippen molar-refractivity contribution in [3.8, 4) is 0 Å². The molecule has 1 aliphatic rings. The average molecular weight is 314 g/mol. The van der Waals surface area contributed by atoms with Gasteiger partial charge in [0.15, 0.2) is 5.82 Å². The molecule has 1 fully saturated rings. The molecule has 23 heavy (non-hydrogen) atoms. The molecule has 120 valence electrons. The van der Waals surface area contributed by atoms with Crippen molar-refractivity contribution in [2.45, 2.75) is 6.92 Å². The van der Waals surface area contributed by atoms with E-state index in [0.717, 1.165) is 24.5 Å². The Labute approximate surface area is 133 Å². The molecular formula is C15H18N6O2. The standard InChI is InChI=1S/C15H18N6O2/c1-11(22)17-12-3-2-4-13(9-12)18-14-10-16-20-15(19-14)21-5-7-23-8-6-21/h2-4,9-10H,5-8H2,1H3,(H,17,22)(H,18,19,20). The molecule has 3 rings (SSSR count). The minimum absolute atomic E-state index is 0.111. The van der Waals surface area contributed by atoms with Crippen LogP contribution in [0.4, 0.5) is 23.1 Å². The molecule has 0 atom stereocenters. The fourth-order valence-electron chi connectivity index (χ4n) is 2.28. The Balaban J connectivity index is 1.73. The van der Waals surface area contributed by atoms with Crippen LogP contribution < -0.4 is 15.5 Å². The van der Waals surface area contributed by atoms with Gasteiger partial charge in [0.1, 0.15) is 0 Å². The summed E-state index contributed by atoms with van der Waals surface area (Å²) in [4.78, 5) is 17.6. The minimum Gasteiger partial charge on any atom is -0.378 e. The molecule has 1 aromatic heterocycles. The zero-order valence-corrected chi connectivity index (χ0v) is 12.8. The Bertz CT molecular complexity index is 687. The predicted octanol–water partition coefficient (Wildman–Crippen LogP) is 1.41. The molecule has 0 radical (unpaired) electrons. The summed E-state index contributed by atoms with van der Waals surface area (Å²) in [5.41, 5.74) is 1.53. The number of rotatable bonds is 4. The first kappa shape index (κ1) is 15.2. The monoisotopic (exact) mass is 314 g/mol. The number of aromatic nitrogens is 3. The van der Waals surface area contributed by atoms with Crippen molar-refractivity contribution in [3.63, 3.8) is 0 Å². The van der Waals surface area contributed by atoms with E-state index < -0.39 is 0 Å². The van der Waals surface area contributed by atoms with Gasteiger partial charge in [-0.2, -0.15) is 10.1 Å². The Kier molecular flexibility index (Phi) is 4.62. The number of hydrogen-bond donors (Lipinski definition) is 2. The maximum Gasteiger partial charge on any atom is 0.247 e. The second kappa shape index (κ2) is 7.01. The highest BCUT2D eigenvalue weighted by molar-refractivity contribution is 5.89. The third kappa shape index (κ3) is 4.13. The zero-order chi connectivity index (χ0) is 16.1. The molecular weight excluding hydrogens is 296 g/mol. The quantitative estimate of drug-likeness (QED) is 0.881. The summed E-state index contributed by atoms with van der Waals surface area (Å²) in [6.45, 7) is 4.31. The van der Waals surface area contributed by atoms with Gasteiger partial charge in [0.2, 0.25) is 11.9 Å². The Hall–Kier alpha value is -2.74. The molecule has 1 aliphatic heterocycles. The largest absolute Gasteiger partial charge is 0.378 e. The van der Waals surface area contributed by atoms with Crippen molar-refractivity contribution in [1.29, 1.82) is 0 Å². The van der Waals surface area contributed by atoms with E-state index in [1.807, 2.05) is 29.2 Å². The Morgan fingerprint density at radius 2 is 2.04 bits per heavy atom. The van der Waals surface area contributed by atoms with E-state index in [1.54, 1.807) is 6.20 Å². The van der Waals surface area contributed by atoms with Gasteiger partial charge in [-0.25, -0.2) is 0 Å². The molecule has 0 spiro atoms. The van der Waals surface area contributed by atoms with Crippen LogP contribution in [0, 0.1) is 0 Å². The second-order valence-corrected chi connectivity index (χ2v) is 5.13. The summed E-state index contributed by atoms with van der Waals surface area (Å²) >= 11 is 0. The van der Waals surface area contributed by atoms with E-state index in [4.69, 9.17) is 4.74 Å². The van der Waals surface area contributed by atoms with Gasteiger partial charge in [-0.3, -0.25) is 4.79 Å².